The topological polar surface area (TPSA) is 74.5 Å². The highest BCUT2D eigenvalue weighted by molar-refractivity contribution is 5.83. The van der Waals surface area contributed by atoms with Crippen LogP contribution in [0.25, 0.3) is 0 Å². The molecule has 0 unspecified atom stereocenters. The predicted octanol–water partition coefficient (Wildman–Crippen LogP) is 0.680. The maximum absolute atomic E-state index is 11.7. The van der Waals surface area contributed by atoms with Crippen LogP contribution in [-0.2, 0) is 15.9 Å². The quantitative estimate of drug-likeness (QED) is 0.534. The van der Waals surface area contributed by atoms with Gasteiger partial charge in [-0.15, -0.1) is 10.2 Å². The highest BCUT2D eigenvalue weighted by atomic mass is 19.3. The SMILES string of the molecule is COC(=O)c1nnc(CCOCC(F)F)o1. The standard InChI is InChI=1S/C8H10F2N2O4/c1-14-8(13)7-12-11-6(16-7)2-3-15-4-5(9)10/h5H,2-4H2,1H3. The van der Waals surface area contributed by atoms with Gasteiger partial charge in [-0.05, 0) is 0 Å². The van der Waals surface area contributed by atoms with Crippen LogP contribution >= 0.6 is 0 Å². The lowest BCUT2D eigenvalue weighted by Gasteiger charge is -1.99. The molecule has 0 saturated carbocycles. The summed E-state index contributed by atoms with van der Waals surface area (Å²) in [6, 6.07) is 0. The Morgan fingerprint density at radius 1 is 1.50 bits per heavy atom. The molecule has 1 rings (SSSR count). The van der Waals surface area contributed by atoms with Crippen LogP contribution in [0.4, 0.5) is 8.78 Å². The van der Waals surface area contributed by atoms with Crippen molar-refractivity contribution >= 4 is 5.97 Å². The van der Waals surface area contributed by atoms with Crippen LogP contribution in [0.15, 0.2) is 4.42 Å². The van der Waals surface area contributed by atoms with Crippen LogP contribution < -0.4 is 0 Å². The third-order valence-corrected chi connectivity index (χ3v) is 1.53. The number of nitrogens with zero attached hydrogens (tertiary/aromatic N) is 2. The molecule has 0 saturated heterocycles. The van der Waals surface area contributed by atoms with Gasteiger partial charge in [0.05, 0.1) is 13.7 Å². The lowest BCUT2D eigenvalue weighted by atomic mass is 10.4. The predicted molar refractivity (Wildman–Crippen MR) is 46.2 cm³/mol. The zero-order valence-corrected chi connectivity index (χ0v) is 8.48. The summed E-state index contributed by atoms with van der Waals surface area (Å²) in [5.41, 5.74) is 0. The van der Waals surface area contributed by atoms with E-state index in [2.05, 4.69) is 19.7 Å². The summed E-state index contributed by atoms with van der Waals surface area (Å²) in [5.74, 6) is -0.881. The van der Waals surface area contributed by atoms with Gasteiger partial charge in [0.2, 0.25) is 5.89 Å². The molecule has 0 amide bonds. The van der Waals surface area contributed by atoms with E-state index in [4.69, 9.17) is 4.42 Å². The summed E-state index contributed by atoms with van der Waals surface area (Å²) in [5, 5.41) is 6.92. The number of hydrogen-bond acceptors (Lipinski definition) is 6. The fraction of sp³-hybridized carbons (Fsp3) is 0.625. The Kier molecular flexibility index (Phi) is 4.77. The zero-order chi connectivity index (χ0) is 12.0. The van der Waals surface area contributed by atoms with E-state index < -0.39 is 19.0 Å². The van der Waals surface area contributed by atoms with E-state index >= 15 is 0 Å². The highest BCUT2D eigenvalue weighted by Gasteiger charge is 2.14. The van der Waals surface area contributed by atoms with Crippen molar-refractivity contribution < 1.29 is 27.5 Å². The maximum atomic E-state index is 11.7. The second kappa shape index (κ2) is 6.11. The summed E-state index contributed by atoms with van der Waals surface area (Å²) >= 11 is 0. The summed E-state index contributed by atoms with van der Waals surface area (Å²) in [4.78, 5) is 10.9. The summed E-state index contributed by atoms with van der Waals surface area (Å²) in [6.07, 6.45) is -2.34. The van der Waals surface area contributed by atoms with Crippen molar-refractivity contribution in [1.82, 2.24) is 10.2 Å². The molecule has 0 aliphatic rings. The minimum absolute atomic E-state index is 0.0210. The Hall–Kier alpha value is -1.57. The van der Waals surface area contributed by atoms with Crippen molar-refractivity contribution in [3.63, 3.8) is 0 Å². The minimum atomic E-state index is -2.51. The number of ether oxygens (including phenoxy) is 2. The molecule has 1 aromatic heterocycles. The number of alkyl halides is 2. The van der Waals surface area contributed by atoms with Gasteiger partial charge in [0, 0.05) is 6.42 Å². The Morgan fingerprint density at radius 2 is 2.25 bits per heavy atom. The van der Waals surface area contributed by atoms with Crippen molar-refractivity contribution in [2.45, 2.75) is 12.8 Å². The molecule has 6 nitrogen and oxygen atoms in total. The first kappa shape index (κ1) is 12.5. The van der Waals surface area contributed by atoms with Crippen LogP contribution in [0.2, 0.25) is 0 Å². The van der Waals surface area contributed by atoms with Crippen LogP contribution in [-0.4, -0.2) is 42.9 Å². The molecule has 16 heavy (non-hydrogen) atoms. The number of hydrogen-bond donors (Lipinski definition) is 0. The van der Waals surface area contributed by atoms with Crippen LogP contribution in [0.3, 0.4) is 0 Å². The van der Waals surface area contributed by atoms with Gasteiger partial charge in [-0.1, -0.05) is 0 Å². The van der Waals surface area contributed by atoms with E-state index in [1.165, 1.54) is 7.11 Å². The van der Waals surface area contributed by atoms with Crippen LogP contribution in [0.1, 0.15) is 16.6 Å². The van der Waals surface area contributed by atoms with Crippen molar-refractivity contribution in [2.24, 2.45) is 0 Å². The van der Waals surface area contributed by atoms with Gasteiger partial charge < -0.3 is 13.9 Å². The Labute approximate surface area is 89.5 Å². The second-order valence-corrected chi connectivity index (χ2v) is 2.71. The fourth-order valence-corrected chi connectivity index (χ4v) is 0.856. The number of carbonyl (C=O) groups is 1. The van der Waals surface area contributed by atoms with Gasteiger partial charge >= 0.3 is 11.9 Å². The van der Waals surface area contributed by atoms with E-state index in [9.17, 15) is 13.6 Å². The van der Waals surface area contributed by atoms with Gasteiger partial charge in [-0.2, -0.15) is 0 Å². The highest BCUT2D eigenvalue weighted by Crippen LogP contribution is 2.02. The third kappa shape index (κ3) is 3.89. The first-order valence-corrected chi connectivity index (χ1v) is 4.40. The number of carbonyl (C=O) groups excluding carboxylic acids is 1. The summed E-state index contributed by atoms with van der Waals surface area (Å²) in [7, 11) is 1.18. The maximum Gasteiger partial charge on any atom is 0.396 e. The van der Waals surface area contributed by atoms with Gasteiger partial charge in [0.25, 0.3) is 6.43 Å². The van der Waals surface area contributed by atoms with Crippen LogP contribution in [0, 0.1) is 0 Å². The van der Waals surface area contributed by atoms with E-state index in [0.29, 0.717) is 0 Å². The summed E-state index contributed by atoms with van der Waals surface area (Å²) < 4.78 is 37.2. The third-order valence-electron chi connectivity index (χ3n) is 1.53. The molecular weight excluding hydrogens is 226 g/mol. The van der Waals surface area contributed by atoms with Crippen LogP contribution in [0.5, 0.6) is 0 Å². The first-order valence-electron chi connectivity index (χ1n) is 4.40. The smallest absolute Gasteiger partial charge is 0.396 e. The molecule has 1 aromatic rings. The normalized spacial score (nSPS) is 10.8. The molecule has 0 aliphatic carbocycles. The Bertz CT molecular complexity index is 343. The van der Waals surface area contributed by atoms with E-state index in [1.807, 2.05) is 0 Å². The van der Waals surface area contributed by atoms with E-state index in [-0.39, 0.29) is 24.8 Å². The monoisotopic (exact) mass is 236 g/mol. The van der Waals surface area contributed by atoms with Gasteiger partial charge in [0.1, 0.15) is 6.61 Å². The second-order valence-electron chi connectivity index (χ2n) is 2.71. The molecule has 0 spiro atoms. The number of aromatic nitrogens is 2. The molecule has 8 heteroatoms. The van der Waals surface area contributed by atoms with Gasteiger partial charge in [0.15, 0.2) is 0 Å². The Morgan fingerprint density at radius 3 is 2.88 bits per heavy atom. The van der Waals surface area contributed by atoms with Gasteiger partial charge in [-0.3, -0.25) is 0 Å². The lowest BCUT2D eigenvalue weighted by molar-refractivity contribution is 0.0172. The van der Waals surface area contributed by atoms with Crippen molar-refractivity contribution in [1.29, 1.82) is 0 Å². The number of rotatable bonds is 6. The molecule has 0 radical (unpaired) electrons. The van der Waals surface area contributed by atoms with E-state index in [0.717, 1.165) is 0 Å². The summed E-state index contributed by atoms with van der Waals surface area (Å²) in [6.45, 7) is -0.620. The molecular formula is C8H10F2N2O4. The first-order chi connectivity index (χ1) is 7.63. The lowest BCUT2D eigenvalue weighted by Crippen LogP contribution is -2.07. The number of halogens is 2. The average Bonchev–Trinajstić information content (AvgIpc) is 2.71. The number of methoxy groups -OCH3 is 1. The molecule has 90 valence electrons. The fourth-order valence-electron chi connectivity index (χ4n) is 0.856. The average molecular weight is 236 g/mol. The molecule has 1 heterocycles. The molecule has 0 atom stereocenters. The molecule has 0 aromatic carbocycles. The molecule has 0 aliphatic heterocycles. The largest absolute Gasteiger partial charge is 0.462 e. The minimum Gasteiger partial charge on any atom is -0.462 e. The molecule has 0 N–H and O–H groups in total. The van der Waals surface area contributed by atoms with Gasteiger partial charge in [-0.25, -0.2) is 13.6 Å². The molecule has 0 bridgehead atoms. The number of esters is 1. The van der Waals surface area contributed by atoms with Crippen molar-refractivity contribution in [2.75, 3.05) is 20.3 Å². The van der Waals surface area contributed by atoms with E-state index in [1.54, 1.807) is 0 Å². The Balaban J connectivity index is 2.32. The van der Waals surface area contributed by atoms with Crippen molar-refractivity contribution in [3.8, 4) is 0 Å². The van der Waals surface area contributed by atoms with Crippen molar-refractivity contribution in [3.05, 3.63) is 11.8 Å². The zero-order valence-electron chi connectivity index (χ0n) is 8.48. The molecule has 0 fully saturated rings.